The quantitative estimate of drug-likeness (QED) is 0.636. The van der Waals surface area contributed by atoms with Gasteiger partial charge in [-0.2, -0.15) is 0 Å². The second kappa shape index (κ2) is 4.75. The Morgan fingerprint density at radius 1 is 1.50 bits per heavy atom. The number of esters is 1. The van der Waals surface area contributed by atoms with E-state index in [1.54, 1.807) is 0 Å². The first-order valence-electron chi connectivity index (χ1n) is 4.88. The van der Waals surface area contributed by atoms with Crippen molar-refractivity contribution in [2.24, 2.45) is 0 Å². The fraction of sp³-hybridized carbons (Fsp3) is 0.900. The summed E-state index contributed by atoms with van der Waals surface area (Å²) in [5, 5.41) is 0. The van der Waals surface area contributed by atoms with Gasteiger partial charge < -0.3 is 14.2 Å². The monoisotopic (exact) mass is 202 g/mol. The van der Waals surface area contributed by atoms with Crippen molar-refractivity contribution in [3.05, 3.63) is 0 Å². The molecule has 0 aliphatic carbocycles. The summed E-state index contributed by atoms with van der Waals surface area (Å²) in [5.74, 6) is -0.204. The maximum absolute atomic E-state index is 11.4. The zero-order chi connectivity index (χ0) is 10.6. The molecule has 0 amide bonds. The predicted octanol–water partition coefficient (Wildman–Crippen LogP) is 1.48. The number of ether oxygens (including phenoxy) is 3. The van der Waals surface area contributed by atoms with E-state index < -0.39 is 5.60 Å². The van der Waals surface area contributed by atoms with Crippen molar-refractivity contribution in [2.75, 3.05) is 13.4 Å². The highest BCUT2D eigenvalue weighted by Gasteiger charge is 2.22. The van der Waals surface area contributed by atoms with Crippen molar-refractivity contribution < 1.29 is 19.0 Å². The number of carbonyl (C=O) groups is 1. The van der Waals surface area contributed by atoms with Crippen LogP contribution in [0.1, 0.15) is 33.6 Å². The minimum absolute atomic E-state index is 0.0430. The minimum Gasteiger partial charge on any atom is -0.460 e. The van der Waals surface area contributed by atoms with Crippen LogP contribution in [-0.4, -0.2) is 31.1 Å². The van der Waals surface area contributed by atoms with Gasteiger partial charge in [-0.1, -0.05) is 0 Å². The van der Waals surface area contributed by atoms with Gasteiger partial charge in [-0.3, -0.25) is 4.79 Å². The van der Waals surface area contributed by atoms with Gasteiger partial charge >= 0.3 is 5.97 Å². The SMILES string of the molecule is CC(C)(C)OC(=O)CC1CCOCO1. The maximum Gasteiger partial charge on any atom is 0.308 e. The third-order valence-corrected chi connectivity index (χ3v) is 1.79. The zero-order valence-corrected chi connectivity index (χ0v) is 9.04. The summed E-state index contributed by atoms with van der Waals surface area (Å²) in [5.41, 5.74) is -0.414. The summed E-state index contributed by atoms with van der Waals surface area (Å²) in [6, 6.07) is 0. The summed E-state index contributed by atoms with van der Waals surface area (Å²) in [6.45, 7) is 6.52. The summed E-state index contributed by atoms with van der Waals surface area (Å²) in [7, 11) is 0. The highest BCUT2D eigenvalue weighted by molar-refractivity contribution is 5.70. The van der Waals surface area contributed by atoms with Crippen LogP contribution in [-0.2, 0) is 19.0 Å². The highest BCUT2D eigenvalue weighted by Crippen LogP contribution is 2.14. The molecule has 4 nitrogen and oxygen atoms in total. The molecule has 82 valence electrons. The number of hydrogen-bond donors (Lipinski definition) is 0. The van der Waals surface area contributed by atoms with Crippen LogP contribution in [0.5, 0.6) is 0 Å². The molecule has 1 unspecified atom stereocenters. The van der Waals surface area contributed by atoms with Gasteiger partial charge in [-0.25, -0.2) is 0 Å². The Morgan fingerprint density at radius 2 is 2.21 bits per heavy atom. The van der Waals surface area contributed by atoms with Gasteiger partial charge in [0.05, 0.1) is 19.1 Å². The van der Waals surface area contributed by atoms with Gasteiger partial charge in [-0.05, 0) is 27.2 Å². The van der Waals surface area contributed by atoms with Gasteiger partial charge in [0.2, 0.25) is 0 Å². The Morgan fingerprint density at radius 3 is 2.71 bits per heavy atom. The molecule has 1 rings (SSSR count). The fourth-order valence-electron chi connectivity index (χ4n) is 1.23. The van der Waals surface area contributed by atoms with E-state index in [0.29, 0.717) is 13.0 Å². The van der Waals surface area contributed by atoms with E-state index >= 15 is 0 Å². The standard InChI is InChI=1S/C10H18O4/c1-10(2,3)14-9(11)6-8-4-5-12-7-13-8/h8H,4-7H2,1-3H3. The number of carbonyl (C=O) groups excluding carboxylic acids is 1. The third-order valence-electron chi connectivity index (χ3n) is 1.79. The lowest BCUT2D eigenvalue weighted by Gasteiger charge is -2.24. The Bertz CT molecular complexity index is 189. The van der Waals surface area contributed by atoms with Crippen LogP contribution >= 0.6 is 0 Å². The van der Waals surface area contributed by atoms with Crippen molar-refractivity contribution in [2.45, 2.75) is 45.3 Å². The molecule has 1 aliphatic heterocycles. The minimum atomic E-state index is -0.414. The second-order valence-electron chi connectivity index (χ2n) is 4.39. The molecule has 0 spiro atoms. The van der Waals surface area contributed by atoms with Crippen LogP contribution in [0.2, 0.25) is 0 Å². The number of rotatable bonds is 2. The van der Waals surface area contributed by atoms with E-state index in [9.17, 15) is 4.79 Å². The summed E-state index contributed by atoms with van der Waals surface area (Å²) < 4.78 is 15.4. The highest BCUT2D eigenvalue weighted by atomic mass is 16.7. The van der Waals surface area contributed by atoms with Gasteiger partial charge in [0.1, 0.15) is 12.4 Å². The normalized spacial score (nSPS) is 23.2. The van der Waals surface area contributed by atoms with E-state index in [0.717, 1.165) is 6.42 Å². The lowest BCUT2D eigenvalue weighted by atomic mass is 10.1. The lowest BCUT2D eigenvalue weighted by Crippen LogP contribution is -2.30. The van der Waals surface area contributed by atoms with Crippen LogP contribution in [0.15, 0.2) is 0 Å². The van der Waals surface area contributed by atoms with Gasteiger partial charge in [0.15, 0.2) is 0 Å². The molecule has 1 saturated heterocycles. The summed E-state index contributed by atoms with van der Waals surface area (Å²) in [6.07, 6.45) is 1.04. The predicted molar refractivity (Wildman–Crippen MR) is 50.8 cm³/mol. The Kier molecular flexibility index (Phi) is 3.89. The first-order chi connectivity index (χ1) is 6.47. The van der Waals surface area contributed by atoms with E-state index in [-0.39, 0.29) is 18.9 Å². The average molecular weight is 202 g/mol. The molecular weight excluding hydrogens is 184 g/mol. The molecule has 0 saturated carbocycles. The molecule has 14 heavy (non-hydrogen) atoms. The fourth-order valence-corrected chi connectivity index (χ4v) is 1.23. The van der Waals surface area contributed by atoms with Crippen molar-refractivity contribution >= 4 is 5.97 Å². The lowest BCUT2D eigenvalue weighted by molar-refractivity contribution is -0.170. The first-order valence-corrected chi connectivity index (χ1v) is 4.88. The average Bonchev–Trinajstić information content (AvgIpc) is 2.02. The number of hydrogen-bond acceptors (Lipinski definition) is 4. The molecule has 1 heterocycles. The van der Waals surface area contributed by atoms with Crippen molar-refractivity contribution in [1.82, 2.24) is 0 Å². The van der Waals surface area contributed by atoms with Crippen LogP contribution in [0.4, 0.5) is 0 Å². The van der Waals surface area contributed by atoms with Crippen LogP contribution < -0.4 is 0 Å². The van der Waals surface area contributed by atoms with Gasteiger partial charge in [0, 0.05) is 0 Å². The van der Waals surface area contributed by atoms with E-state index in [1.807, 2.05) is 20.8 Å². The van der Waals surface area contributed by atoms with E-state index in [2.05, 4.69) is 0 Å². The van der Waals surface area contributed by atoms with Crippen molar-refractivity contribution in [3.63, 3.8) is 0 Å². The Balaban J connectivity index is 2.25. The smallest absolute Gasteiger partial charge is 0.308 e. The van der Waals surface area contributed by atoms with Gasteiger partial charge in [0.25, 0.3) is 0 Å². The molecule has 1 fully saturated rings. The molecular formula is C10H18O4. The van der Waals surface area contributed by atoms with Crippen LogP contribution in [0.25, 0.3) is 0 Å². The molecule has 1 atom stereocenters. The van der Waals surface area contributed by atoms with Crippen LogP contribution in [0, 0.1) is 0 Å². The zero-order valence-electron chi connectivity index (χ0n) is 9.04. The molecule has 0 aromatic rings. The second-order valence-corrected chi connectivity index (χ2v) is 4.39. The molecule has 0 radical (unpaired) electrons. The summed E-state index contributed by atoms with van der Waals surface area (Å²) >= 11 is 0. The Labute approximate surface area is 84.5 Å². The first kappa shape index (κ1) is 11.5. The third kappa shape index (κ3) is 4.58. The Hall–Kier alpha value is -0.610. The van der Waals surface area contributed by atoms with Gasteiger partial charge in [-0.15, -0.1) is 0 Å². The molecule has 0 bridgehead atoms. The molecule has 0 N–H and O–H groups in total. The topological polar surface area (TPSA) is 44.8 Å². The largest absolute Gasteiger partial charge is 0.460 e. The van der Waals surface area contributed by atoms with Crippen LogP contribution in [0.3, 0.4) is 0 Å². The maximum atomic E-state index is 11.4. The van der Waals surface area contributed by atoms with E-state index in [4.69, 9.17) is 14.2 Å². The van der Waals surface area contributed by atoms with Crippen molar-refractivity contribution in [1.29, 1.82) is 0 Å². The summed E-state index contributed by atoms with van der Waals surface area (Å²) in [4.78, 5) is 11.4. The molecule has 1 aliphatic rings. The van der Waals surface area contributed by atoms with Crippen molar-refractivity contribution in [3.8, 4) is 0 Å². The van der Waals surface area contributed by atoms with E-state index in [1.165, 1.54) is 0 Å². The molecule has 0 aromatic heterocycles. The molecule has 4 heteroatoms. The molecule has 0 aromatic carbocycles.